The SMILES string of the molecule is CN(Cc1ccc(N)cc1Cl)C1CCC1. The van der Waals surface area contributed by atoms with Crippen molar-refractivity contribution < 1.29 is 0 Å². The van der Waals surface area contributed by atoms with Gasteiger partial charge in [-0.15, -0.1) is 0 Å². The van der Waals surface area contributed by atoms with Gasteiger partial charge in [0.2, 0.25) is 0 Å². The van der Waals surface area contributed by atoms with E-state index in [0.717, 1.165) is 23.3 Å². The van der Waals surface area contributed by atoms with E-state index in [2.05, 4.69) is 11.9 Å². The average molecular weight is 225 g/mol. The van der Waals surface area contributed by atoms with Gasteiger partial charge in [0.25, 0.3) is 0 Å². The molecule has 1 aliphatic rings. The summed E-state index contributed by atoms with van der Waals surface area (Å²) in [5.74, 6) is 0. The number of nitrogen functional groups attached to an aromatic ring is 1. The molecule has 0 aromatic heterocycles. The van der Waals surface area contributed by atoms with E-state index >= 15 is 0 Å². The van der Waals surface area contributed by atoms with Gasteiger partial charge >= 0.3 is 0 Å². The Morgan fingerprint density at radius 1 is 1.47 bits per heavy atom. The molecule has 0 heterocycles. The molecule has 0 aliphatic heterocycles. The summed E-state index contributed by atoms with van der Waals surface area (Å²) in [6, 6.07) is 6.51. The zero-order valence-corrected chi connectivity index (χ0v) is 9.80. The first kappa shape index (κ1) is 10.8. The van der Waals surface area contributed by atoms with Crippen LogP contribution in [0.1, 0.15) is 24.8 Å². The minimum absolute atomic E-state index is 0.732. The Kier molecular flexibility index (Phi) is 3.17. The molecule has 2 nitrogen and oxygen atoms in total. The molecule has 0 atom stereocenters. The van der Waals surface area contributed by atoms with Gasteiger partial charge in [0.15, 0.2) is 0 Å². The Morgan fingerprint density at radius 3 is 2.73 bits per heavy atom. The molecule has 0 unspecified atom stereocenters. The van der Waals surface area contributed by atoms with Crippen LogP contribution in [0.2, 0.25) is 5.02 Å². The largest absolute Gasteiger partial charge is 0.399 e. The highest BCUT2D eigenvalue weighted by Gasteiger charge is 2.22. The molecule has 1 aromatic carbocycles. The predicted octanol–water partition coefficient (Wildman–Crippen LogP) is 2.91. The van der Waals surface area contributed by atoms with E-state index in [1.54, 1.807) is 0 Å². The molecule has 0 radical (unpaired) electrons. The maximum atomic E-state index is 6.13. The number of anilines is 1. The number of nitrogens with two attached hydrogens (primary N) is 1. The van der Waals surface area contributed by atoms with Crippen LogP contribution in [0.25, 0.3) is 0 Å². The van der Waals surface area contributed by atoms with Gasteiger partial charge in [-0.25, -0.2) is 0 Å². The van der Waals surface area contributed by atoms with Crippen LogP contribution in [0.15, 0.2) is 18.2 Å². The monoisotopic (exact) mass is 224 g/mol. The molecule has 1 aliphatic carbocycles. The van der Waals surface area contributed by atoms with Crippen molar-refractivity contribution in [3.63, 3.8) is 0 Å². The Bertz CT molecular complexity index is 347. The maximum Gasteiger partial charge on any atom is 0.0471 e. The van der Waals surface area contributed by atoms with Gasteiger partial charge in [-0.1, -0.05) is 24.1 Å². The van der Waals surface area contributed by atoms with Crippen molar-refractivity contribution in [1.29, 1.82) is 0 Å². The molecule has 1 aromatic rings. The van der Waals surface area contributed by atoms with Gasteiger partial charge in [0.1, 0.15) is 0 Å². The van der Waals surface area contributed by atoms with E-state index in [1.807, 2.05) is 18.2 Å². The molecule has 0 amide bonds. The Hall–Kier alpha value is -0.730. The van der Waals surface area contributed by atoms with E-state index < -0.39 is 0 Å². The number of rotatable bonds is 3. The fourth-order valence-corrected chi connectivity index (χ4v) is 2.17. The van der Waals surface area contributed by atoms with Crippen LogP contribution in [0, 0.1) is 0 Å². The van der Waals surface area contributed by atoms with E-state index in [4.69, 9.17) is 17.3 Å². The molecule has 3 heteroatoms. The van der Waals surface area contributed by atoms with Crippen molar-refractivity contribution >= 4 is 17.3 Å². The summed E-state index contributed by atoms with van der Waals surface area (Å²) in [6.45, 7) is 0.920. The van der Waals surface area contributed by atoms with Crippen molar-refractivity contribution in [3.8, 4) is 0 Å². The minimum atomic E-state index is 0.732. The van der Waals surface area contributed by atoms with Crippen molar-refractivity contribution in [2.45, 2.75) is 31.8 Å². The third-order valence-corrected chi connectivity index (χ3v) is 3.55. The second kappa shape index (κ2) is 4.42. The van der Waals surface area contributed by atoms with Crippen LogP contribution in [0.4, 0.5) is 5.69 Å². The van der Waals surface area contributed by atoms with Crippen molar-refractivity contribution in [2.75, 3.05) is 12.8 Å². The quantitative estimate of drug-likeness (QED) is 0.800. The summed E-state index contributed by atoms with van der Waals surface area (Å²) in [7, 11) is 2.16. The van der Waals surface area contributed by atoms with Crippen LogP contribution in [-0.2, 0) is 6.54 Å². The fraction of sp³-hybridized carbons (Fsp3) is 0.500. The fourth-order valence-electron chi connectivity index (χ4n) is 1.92. The zero-order chi connectivity index (χ0) is 10.8. The molecule has 15 heavy (non-hydrogen) atoms. The first-order valence-corrected chi connectivity index (χ1v) is 5.79. The standard InChI is InChI=1S/C12H17ClN2/c1-15(11-3-2-4-11)8-9-5-6-10(14)7-12(9)13/h5-7,11H,2-4,8,14H2,1H3. The molecular weight excluding hydrogens is 208 g/mol. The van der Waals surface area contributed by atoms with Crippen LogP contribution in [-0.4, -0.2) is 18.0 Å². The molecule has 2 N–H and O–H groups in total. The Balaban J connectivity index is 2.03. The summed E-state index contributed by atoms with van der Waals surface area (Å²) in [4.78, 5) is 2.38. The molecule has 82 valence electrons. The van der Waals surface area contributed by atoms with Gasteiger partial charge in [-0.3, -0.25) is 4.90 Å². The molecule has 1 saturated carbocycles. The third kappa shape index (κ3) is 2.44. The second-order valence-electron chi connectivity index (χ2n) is 4.35. The first-order valence-electron chi connectivity index (χ1n) is 5.41. The van der Waals surface area contributed by atoms with Crippen LogP contribution in [0.3, 0.4) is 0 Å². The van der Waals surface area contributed by atoms with Crippen molar-refractivity contribution in [2.24, 2.45) is 0 Å². The smallest absolute Gasteiger partial charge is 0.0471 e. The zero-order valence-electron chi connectivity index (χ0n) is 9.04. The lowest BCUT2D eigenvalue weighted by atomic mass is 9.91. The lowest BCUT2D eigenvalue weighted by molar-refractivity contribution is 0.152. The number of halogens is 1. The Labute approximate surface area is 96.0 Å². The lowest BCUT2D eigenvalue weighted by Crippen LogP contribution is -2.36. The number of hydrogen-bond donors (Lipinski definition) is 1. The molecule has 0 bridgehead atoms. The summed E-state index contributed by atoms with van der Waals surface area (Å²) in [5.41, 5.74) is 7.56. The van der Waals surface area contributed by atoms with Crippen LogP contribution < -0.4 is 5.73 Å². The highest BCUT2D eigenvalue weighted by atomic mass is 35.5. The normalized spacial score (nSPS) is 16.7. The highest BCUT2D eigenvalue weighted by molar-refractivity contribution is 6.31. The molecule has 0 spiro atoms. The Morgan fingerprint density at radius 2 is 2.20 bits per heavy atom. The number of hydrogen-bond acceptors (Lipinski definition) is 2. The van der Waals surface area contributed by atoms with E-state index in [1.165, 1.54) is 24.8 Å². The first-order chi connectivity index (χ1) is 7.16. The lowest BCUT2D eigenvalue weighted by Gasteiger charge is -2.34. The third-order valence-electron chi connectivity index (χ3n) is 3.19. The van der Waals surface area contributed by atoms with Crippen LogP contribution >= 0.6 is 11.6 Å². The van der Waals surface area contributed by atoms with Gasteiger partial charge in [-0.2, -0.15) is 0 Å². The topological polar surface area (TPSA) is 29.3 Å². The van der Waals surface area contributed by atoms with Crippen LogP contribution in [0.5, 0.6) is 0 Å². The molecule has 0 saturated heterocycles. The summed E-state index contributed by atoms with van der Waals surface area (Å²) >= 11 is 6.13. The van der Waals surface area contributed by atoms with E-state index in [-0.39, 0.29) is 0 Å². The highest BCUT2D eigenvalue weighted by Crippen LogP contribution is 2.27. The van der Waals surface area contributed by atoms with Gasteiger partial charge < -0.3 is 5.73 Å². The second-order valence-corrected chi connectivity index (χ2v) is 4.76. The summed E-state index contributed by atoms with van der Waals surface area (Å²) in [5, 5.41) is 0.779. The maximum absolute atomic E-state index is 6.13. The minimum Gasteiger partial charge on any atom is -0.399 e. The average Bonchev–Trinajstić information content (AvgIpc) is 2.07. The summed E-state index contributed by atoms with van der Waals surface area (Å²) in [6.07, 6.45) is 4.01. The molecule has 2 rings (SSSR count). The number of nitrogens with zero attached hydrogens (tertiary/aromatic N) is 1. The van der Waals surface area contributed by atoms with Crippen molar-refractivity contribution in [1.82, 2.24) is 4.90 Å². The van der Waals surface area contributed by atoms with Gasteiger partial charge in [0, 0.05) is 23.3 Å². The number of benzene rings is 1. The predicted molar refractivity (Wildman–Crippen MR) is 65.0 cm³/mol. The van der Waals surface area contributed by atoms with Gasteiger partial charge in [0.05, 0.1) is 0 Å². The van der Waals surface area contributed by atoms with E-state index in [9.17, 15) is 0 Å². The van der Waals surface area contributed by atoms with Crippen molar-refractivity contribution in [3.05, 3.63) is 28.8 Å². The molecular formula is C12H17ClN2. The van der Waals surface area contributed by atoms with E-state index in [0.29, 0.717) is 0 Å². The molecule has 1 fully saturated rings. The van der Waals surface area contributed by atoms with Gasteiger partial charge in [-0.05, 0) is 37.6 Å². The summed E-state index contributed by atoms with van der Waals surface area (Å²) < 4.78 is 0.